The van der Waals surface area contributed by atoms with Crippen LogP contribution in [0.15, 0.2) is 110 Å². The number of hydrogen-bond donors (Lipinski definition) is 0. The fourth-order valence-electron chi connectivity index (χ4n) is 8.21. The summed E-state index contributed by atoms with van der Waals surface area (Å²) < 4.78 is 9.02. The molecule has 402 valence electrons. The molecule has 4 heterocycles. The van der Waals surface area contributed by atoms with E-state index in [9.17, 15) is 9.59 Å². The Labute approximate surface area is 473 Å². The Morgan fingerprint density at radius 1 is 0.467 bits per heavy atom. The number of pyridine rings is 4. The van der Waals surface area contributed by atoms with Crippen molar-refractivity contribution in [1.29, 1.82) is 10.5 Å². The Kier molecular flexibility index (Phi) is 41.7. The van der Waals surface area contributed by atoms with Gasteiger partial charge in [0.2, 0.25) is 0 Å². The fraction of sp³-hybridized carbons (Fsp3) is 0.443. The Morgan fingerprint density at radius 2 is 0.800 bits per heavy atom. The van der Waals surface area contributed by atoms with Crippen LogP contribution in [0.5, 0.6) is 0 Å². The first kappa shape index (κ1) is 67.1. The summed E-state index contributed by atoms with van der Waals surface area (Å²) in [4.78, 5) is 40.8. The molecule has 0 unspecified atom stereocenters. The van der Waals surface area contributed by atoms with Crippen LogP contribution in [0.2, 0.25) is 0 Å². The average Bonchev–Trinajstić information content (AvgIpc) is 3.42. The number of ether oxygens (including phenoxy) is 2. The largest absolute Gasteiger partial charge is 2.00 e. The smallest absolute Gasteiger partial charge is 0.696 e. The molecule has 4 aromatic heterocycles. The molecule has 0 saturated carbocycles. The number of carbonyl (C=O) groups excluding carboxylic acids is 2. The van der Waals surface area contributed by atoms with E-state index < -0.39 is 0 Å². The number of nitrogens with zero attached hydrogens (tertiary/aromatic N) is 7. The summed E-state index contributed by atoms with van der Waals surface area (Å²) in [5.41, 5.74) is 8.29. The van der Waals surface area contributed by atoms with Gasteiger partial charge in [-0.2, -0.15) is 0 Å². The number of rotatable bonds is 34. The molecule has 0 fully saturated rings. The first-order valence-electron chi connectivity index (χ1n) is 26.7. The van der Waals surface area contributed by atoms with Gasteiger partial charge in [0.1, 0.15) is 11.6 Å². The van der Waals surface area contributed by atoms with E-state index in [2.05, 4.69) is 119 Å². The standard InChI is InChI=1S/C43H67N3.C16H12N2O4.2CHNS.Ru/c1-4-7-10-13-16-19-22-25-38-28-30-41(31-29-38)46(42-36-39(32-34-44-42)26-23-20-17-14-11-8-5-2)43-37-40(33-35-45-43)27-24-21-18-15-12-9-6-3;19-11-21-7-3-13-1-5-17-15(9-13)16-10-14(2-6-18-16)4-8-22-12-20;2*2-1-3;/h28-37H,4-27H2,1-3H3;1-12H;2*3H;/q;;;;+2/p-2/b;7-3+,8-4+;;;. The van der Waals surface area contributed by atoms with Crippen LogP contribution in [0.25, 0.3) is 23.5 Å². The van der Waals surface area contributed by atoms with Gasteiger partial charge >= 0.3 is 19.5 Å². The summed E-state index contributed by atoms with van der Waals surface area (Å²) in [5.74, 6) is 1.95. The Morgan fingerprint density at radius 3 is 1.16 bits per heavy atom. The number of benzene rings is 1. The monoisotopic (exact) mass is 1140 g/mol. The molecule has 1 aromatic carbocycles. The third-order valence-corrected chi connectivity index (χ3v) is 12.1. The first-order valence-corrected chi connectivity index (χ1v) is 27.5. The van der Waals surface area contributed by atoms with E-state index in [1.54, 1.807) is 36.7 Å². The molecule has 0 radical (unpaired) electrons. The van der Waals surface area contributed by atoms with Crippen LogP contribution in [0.1, 0.15) is 183 Å². The zero-order valence-electron chi connectivity index (χ0n) is 44.6. The van der Waals surface area contributed by atoms with Crippen molar-refractivity contribution in [2.24, 2.45) is 0 Å². The minimum Gasteiger partial charge on any atom is -0.696 e. The van der Waals surface area contributed by atoms with Gasteiger partial charge in [0.25, 0.3) is 12.9 Å². The second-order valence-corrected chi connectivity index (χ2v) is 18.2. The van der Waals surface area contributed by atoms with Crippen molar-refractivity contribution in [3.8, 4) is 22.2 Å². The quantitative estimate of drug-likeness (QED) is 0.00959. The molecular weight excluding hydrogens is 1060 g/mol. The zero-order valence-corrected chi connectivity index (χ0v) is 48.0. The Hall–Kier alpha value is -5.92. The summed E-state index contributed by atoms with van der Waals surface area (Å²) in [7, 11) is 0. The molecule has 0 saturated heterocycles. The number of aromatic nitrogens is 4. The first-order chi connectivity index (χ1) is 36.4. The summed E-state index contributed by atoms with van der Waals surface area (Å²) in [6, 6.07) is 25.4. The van der Waals surface area contributed by atoms with E-state index in [0.29, 0.717) is 24.3 Å². The van der Waals surface area contributed by atoms with Crippen molar-refractivity contribution in [3.63, 3.8) is 0 Å². The number of thiocyanates is 2. The summed E-state index contributed by atoms with van der Waals surface area (Å²) in [6.45, 7) is 7.56. The van der Waals surface area contributed by atoms with Crippen LogP contribution in [-0.2, 0) is 83.1 Å². The number of anilines is 3. The molecule has 0 bridgehead atoms. The maximum absolute atomic E-state index is 10.1. The molecule has 14 heteroatoms. The third-order valence-electron chi connectivity index (χ3n) is 12.1. The predicted molar refractivity (Wildman–Crippen MR) is 308 cm³/mol. The number of nitriles is 2. The summed E-state index contributed by atoms with van der Waals surface area (Å²) in [5, 5.41) is 16.9. The molecule has 0 amide bonds. The second kappa shape index (κ2) is 46.6. The van der Waals surface area contributed by atoms with Gasteiger partial charge in [-0.3, -0.25) is 24.5 Å². The summed E-state index contributed by atoms with van der Waals surface area (Å²) in [6.07, 6.45) is 44.7. The molecule has 0 spiro atoms. The predicted octanol–water partition coefficient (Wildman–Crippen LogP) is 16.3. The SMILES string of the molecule is CCCCCCCCCc1ccc(N(c2cc(CCCCCCCCC)ccn2)c2cc(CCCCCCCCC)ccn2)cc1.N#C[S-].N#C[S-].O=CO/C=C/c1ccnc(-c2cc(/C=C/OC=O)ccn2)c1.[Ru+2]. The van der Waals surface area contributed by atoms with Crippen LogP contribution in [0, 0.1) is 21.3 Å². The van der Waals surface area contributed by atoms with Gasteiger partial charge < -0.3 is 34.7 Å². The molecule has 11 nitrogen and oxygen atoms in total. The maximum Gasteiger partial charge on any atom is 2.00 e. The number of hydrogen-bond acceptors (Lipinski definition) is 13. The van der Waals surface area contributed by atoms with Gasteiger partial charge in [-0.15, -0.1) is 0 Å². The minimum absolute atomic E-state index is 0. The number of aryl methyl sites for hydroxylation is 3. The van der Waals surface area contributed by atoms with Crippen molar-refractivity contribution in [3.05, 3.63) is 138 Å². The Bertz CT molecular complexity index is 2260. The van der Waals surface area contributed by atoms with Crippen molar-refractivity contribution in [1.82, 2.24) is 19.9 Å². The van der Waals surface area contributed by atoms with Crippen LogP contribution < -0.4 is 4.90 Å². The van der Waals surface area contributed by atoms with Crippen LogP contribution in [0.4, 0.5) is 17.3 Å². The van der Waals surface area contributed by atoms with Gasteiger partial charge in [-0.1, -0.05) is 159 Å². The molecule has 0 N–H and O–H groups in total. The Balaban J connectivity index is 0.000000804. The molecular formula is C61H79N7O4RuS2. The molecule has 5 rings (SSSR count). The fourth-order valence-corrected chi connectivity index (χ4v) is 8.21. The molecule has 0 atom stereocenters. The van der Waals surface area contributed by atoms with E-state index >= 15 is 0 Å². The molecule has 5 aromatic rings. The van der Waals surface area contributed by atoms with Crippen LogP contribution in [0.3, 0.4) is 0 Å². The second-order valence-electron chi connectivity index (χ2n) is 17.9. The summed E-state index contributed by atoms with van der Waals surface area (Å²) >= 11 is 7.40. The van der Waals surface area contributed by atoms with Crippen molar-refractivity contribution >= 4 is 67.7 Å². The van der Waals surface area contributed by atoms with E-state index in [-0.39, 0.29) is 19.5 Å². The van der Waals surface area contributed by atoms with Gasteiger partial charge in [0.05, 0.1) is 23.9 Å². The number of carbonyl (C=O) groups is 2. The molecule has 75 heavy (non-hydrogen) atoms. The zero-order chi connectivity index (χ0) is 53.5. The van der Waals surface area contributed by atoms with Crippen molar-refractivity contribution < 1.29 is 38.5 Å². The van der Waals surface area contributed by atoms with E-state index in [1.807, 2.05) is 24.5 Å². The van der Waals surface area contributed by atoms with Crippen molar-refractivity contribution in [2.45, 2.75) is 175 Å². The van der Waals surface area contributed by atoms with E-state index in [1.165, 1.54) is 175 Å². The average molecular weight is 1140 g/mol. The van der Waals surface area contributed by atoms with E-state index in [4.69, 9.17) is 20.5 Å². The van der Waals surface area contributed by atoms with Crippen LogP contribution >= 0.6 is 0 Å². The van der Waals surface area contributed by atoms with Gasteiger partial charge in [0.15, 0.2) is 0 Å². The number of unbranched alkanes of at least 4 members (excludes halogenated alkanes) is 18. The molecule has 0 aliphatic carbocycles. The van der Waals surface area contributed by atoms with Gasteiger partial charge in [-0.05, 0) is 139 Å². The van der Waals surface area contributed by atoms with Crippen LogP contribution in [-0.4, -0.2) is 32.9 Å². The molecule has 0 aliphatic rings. The minimum atomic E-state index is 0. The third kappa shape index (κ3) is 31.5. The maximum atomic E-state index is 10.1. The van der Waals surface area contributed by atoms with Crippen molar-refractivity contribution in [2.75, 3.05) is 4.90 Å². The van der Waals surface area contributed by atoms with Gasteiger partial charge in [-0.25, -0.2) is 20.5 Å². The van der Waals surface area contributed by atoms with Gasteiger partial charge in [0, 0.05) is 30.5 Å². The molecule has 0 aliphatic heterocycles. The van der Waals surface area contributed by atoms with E-state index in [0.717, 1.165) is 47.7 Å². The topological polar surface area (TPSA) is 155 Å². The normalized spacial score (nSPS) is 10.3.